The van der Waals surface area contributed by atoms with Gasteiger partial charge in [-0.2, -0.15) is 0 Å². The first kappa shape index (κ1) is 80.2. The second-order valence-electron chi connectivity index (χ2n) is 22.5. The quantitative estimate of drug-likeness (QED) is 0.0202. The van der Waals surface area contributed by atoms with Gasteiger partial charge in [-0.1, -0.05) is 202 Å². The van der Waals surface area contributed by atoms with Crippen LogP contribution in [0.2, 0.25) is 0 Å². The molecule has 0 spiro atoms. The van der Waals surface area contributed by atoms with Gasteiger partial charge >= 0.3 is 48.5 Å². The van der Waals surface area contributed by atoms with Gasteiger partial charge in [0.05, 0.1) is 79.3 Å². The van der Waals surface area contributed by atoms with E-state index >= 15 is 0 Å². The monoisotopic (exact) mass is 1360 g/mol. The van der Waals surface area contributed by atoms with Gasteiger partial charge in [0.1, 0.15) is 37.8 Å². The summed E-state index contributed by atoms with van der Waals surface area (Å²) < 4.78 is 144. The molecule has 5 heterocycles. The largest absolute Gasteiger partial charge is 0.489 e. The number of nitrogens with two attached hydrogens (primary N) is 1. The van der Waals surface area contributed by atoms with Crippen LogP contribution in [0.3, 0.4) is 0 Å². The van der Waals surface area contributed by atoms with Gasteiger partial charge in [0.2, 0.25) is 0 Å². The van der Waals surface area contributed by atoms with E-state index in [4.69, 9.17) is 46.5 Å². The van der Waals surface area contributed by atoms with Crippen LogP contribution in [0, 0.1) is 0 Å². The molecule has 0 unspecified atom stereocenters. The molecule has 5 aromatic carbocycles. The second kappa shape index (κ2) is 44.5. The number of unbranched alkanes of at least 4 members (excludes halogenated alkanes) is 12. The summed E-state index contributed by atoms with van der Waals surface area (Å²) in [4.78, 5) is 0. The van der Waals surface area contributed by atoms with Crippen molar-refractivity contribution in [1.29, 1.82) is 0 Å². The van der Waals surface area contributed by atoms with Crippen molar-refractivity contribution in [3.63, 3.8) is 0 Å². The first-order chi connectivity index (χ1) is 44.1. The average Bonchev–Trinajstić information content (AvgIpc) is 0.831. The molecule has 0 aliphatic carbocycles. The summed E-state index contributed by atoms with van der Waals surface area (Å²) in [6, 6.07) is 41.1. The maximum Gasteiger partial charge on any atom is 0.119 e. The van der Waals surface area contributed by atoms with E-state index in [0.717, 1.165) is 161 Å². The molecule has 5 aliphatic heterocycles. The summed E-state index contributed by atoms with van der Waals surface area (Å²) in [5.41, 5.74) is 8.95. The fraction of sp³-hybridized carbons (Fsp3) is 0.559. The Hall–Kier alpha value is -4.27. The molecule has 520 valence electrons. The minimum atomic E-state index is -10.7. The Morgan fingerprint density at radius 3 is 0.924 bits per heavy atom. The van der Waals surface area contributed by atoms with Crippen molar-refractivity contribution >= 4 is 23.3 Å². The van der Waals surface area contributed by atoms with Gasteiger partial charge in [-0.25, -0.2) is 19.3 Å². The van der Waals surface area contributed by atoms with E-state index in [1.165, 1.54) is 11.1 Å². The van der Waals surface area contributed by atoms with Crippen LogP contribution < -0.4 is 25.0 Å². The normalized spacial score (nSPS) is 14.7. The molecule has 24 heteroatoms. The van der Waals surface area contributed by atoms with Crippen LogP contribution in [0.4, 0.5) is 25.2 Å². The molecule has 15 nitrogen and oxygen atoms in total. The fourth-order valence-electron chi connectivity index (χ4n) is 8.85. The van der Waals surface area contributed by atoms with Crippen molar-refractivity contribution in [1.82, 2.24) is 10.2 Å². The first-order valence-electron chi connectivity index (χ1n) is 32.8. The molecule has 0 aromatic heterocycles. The maximum absolute atomic E-state index is 13.4. The molecule has 5 aliphatic rings. The molecule has 0 radical (unpaired) electrons. The third kappa shape index (κ3) is 42.2. The zero-order valence-electron chi connectivity index (χ0n) is 54.7. The molecule has 0 fully saturated rings. The van der Waals surface area contributed by atoms with Crippen LogP contribution in [0.1, 0.15) is 175 Å². The molecule has 0 atom stereocenters. The first-order valence-corrected chi connectivity index (χ1v) is 37.9. The van der Waals surface area contributed by atoms with Gasteiger partial charge < -0.3 is 33.7 Å². The summed E-state index contributed by atoms with van der Waals surface area (Å²) in [6.45, 7) is 18.4. The zero-order valence-corrected chi connectivity index (χ0v) is 57.4. The minimum Gasteiger partial charge on any atom is -0.489 e. The van der Waals surface area contributed by atoms with E-state index < -0.39 is 23.3 Å². The van der Waals surface area contributed by atoms with Gasteiger partial charge in [-0.05, 0) is 83.3 Å². The predicted molar refractivity (Wildman–Crippen MR) is 354 cm³/mol. The minimum absolute atomic E-state index is 0.429. The van der Waals surface area contributed by atoms with Crippen molar-refractivity contribution in [2.75, 3.05) is 66.1 Å². The maximum atomic E-state index is 13.4. The van der Waals surface area contributed by atoms with E-state index in [1.54, 1.807) is 0 Å². The van der Waals surface area contributed by atoms with Crippen molar-refractivity contribution < 1.29 is 86.1 Å². The van der Waals surface area contributed by atoms with Crippen LogP contribution in [-0.4, -0.2) is 66.1 Å². The Bertz CT molecular complexity index is 2560. The molecule has 0 saturated heterocycles. The van der Waals surface area contributed by atoms with Crippen LogP contribution in [-0.2, 0) is 98.8 Å². The number of rotatable bonds is 34. The average molecular weight is 1360 g/mol. The third-order valence-corrected chi connectivity index (χ3v) is 17.3. The van der Waals surface area contributed by atoms with Gasteiger partial charge in [-0.15, -0.1) is 0 Å². The fourth-order valence-corrected chi connectivity index (χ4v) is 11.6. The summed E-state index contributed by atoms with van der Waals surface area (Å²) in [5.74, 6) is 1.67. The van der Waals surface area contributed by atoms with Crippen LogP contribution in [0.25, 0.3) is 0 Å². The molecular weight excluding hydrogens is 1260 g/mol. The van der Waals surface area contributed by atoms with Gasteiger partial charge in [0, 0.05) is 24.2 Å². The van der Waals surface area contributed by atoms with Crippen LogP contribution in [0.5, 0.6) is 11.5 Å². The molecule has 6 bridgehead atoms. The summed E-state index contributed by atoms with van der Waals surface area (Å²) in [5, 5.41) is 8.48. The molecule has 5 aromatic rings. The number of fused-ring (bicyclic) bond motifs is 1. The Morgan fingerprint density at radius 2 is 0.630 bits per heavy atom. The molecule has 92 heavy (non-hydrogen) atoms. The number of ether oxygens (including phenoxy) is 6. The predicted octanol–water partition coefficient (Wildman–Crippen LogP) is 19.0. The Labute approximate surface area is 543 Å². The van der Waals surface area contributed by atoms with E-state index in [0.29, 0.717) is 106 Å². The third-order valence-electron chi connectivity index (χ3n) is 14.1. The molecule has 10 rings (SSSR count). The van der Waals surface area contributed by atoms with E-state index in [-0.39, 0.29) is 0 Å². The number of quaternary nitrogens is 1. The topological polar surface area (TPSA) is 167 Å². The number of hydrogen-bond donors (Lipinski definition) is 3. The Kier molecular flexibility index (Phi) is 38.7. The van der Waals surface area contributed by atoms with Crippen molar-refractivity contribution in [3.05, 3.63) is 166 Å². The Morgan fingerprint density at radius 1 is 0.370 bits per heavy atom. The van der Waals surface area contributed by atoms with E-state index in [9.17, 15) is 34.3 Å². The Balaban J connectivity index is 0.000000376. The van der Waals surface area contributed by atoms with Crippen molar-refractivity contribution in [3.8, 4) is 11.5 Å². The number of nitrogens with one attached hydrogen (secondary N) is 2. The standard InChI is InChI=1S/C40H71N3O6P2.C28H32O6.F6P/c1-5-9-13-17-29-46-50(44,47-30-18-14-10-6-2)42-35-39-25-21-37(22-26-39)33-41-34-38-23-27-40(28-24-38)36-43-51(45,48-31-19-15-11-7-3)49-32-20-16-12-8-4;1-2-26-4-3-25(1)21-33-27-9-5-23(6-10-27)19-31-17-15-29-13-14-30-16-18-32-20-24-7-11-28(12-8-24)34-22-26;1-7(2,3,4,5)6/h21-28,41H,5-20,29-36H2,1-4H3,(H,42,44)(H,43,45);1-12H,13-22H2;/q;;-1/p+1. The number of hydrogen-bond acceptors (Lipinski definition) is 12. The summed E-state index contributed by atoms with van der Waals surface area (Å²) >= 11 is 0. The SMILES string of the molecule is CCCCCCOP(=O)(NCc1ccc(C[NH2+]Cc2ccc(CNP(=O)(OCCCCCC)OCCCCCC)cc2)cc1)OCCCCCC.F[P-](F)(F)(F)(F)F.c1cc2ccc1COCCOCCOCCOCc1ccc(cc1)OCc1ccc(cc1)CO2. The van der Waals surface area contributed by atoms with E-state index in [1.807, 2.05) is 48.5 Å². The number of benzene rings is 5. The van der Waals surface area contributed by atoms with Crippen LogP contribution in [0.15, 0.2) is 121 Å². The number of halogens is 6. The molecule has 4 N–H and O–H groups in total. The smallest absolute Gasteiger partial charge is 0.119 e. The van der Waals surface area contributed by atoms with E-state index in [2.05, 4.69) is 116 Å². The van der Waals surface area contributed by atoms with Gasteiger partial charge in [-0.3, -0.25) is 18.1 Å². The van der Waals surface area contributed by atoms with Gasteiger partial charge in [0.25, 0.3) is 0 Å². The summed E-state index contributed by atoms with van der Waals surface area (Å²) in [6.07, 6.45) is 17.1. The van der Waals surface area contributed by atoms with Gasteiger partial charge in [0.15, 0.2) is 0 Å². The molecular formula is C68H104F6N3O12P3. The second-order valence-corrected chi connectivity index (χ2v) is 28.1. The summed E-state index contributed by atoms with van der Waals surface area (Å²) in [7, 11) is -17.4. The van der Waals surface area contributed by atoms with Crippen LogP contribution >= 0.6 is 23.3 Å². The van der Waals surface area contributed by atoms with Crippen molar-refractivity contribution in [2.45, 2.75) is 183 Å². The molecule has 0 saturated carbocycles. The van der Waals surface area contributed by atoms with Crippen molar-refractivity contribution in [2.24, 2.45) is 0 Å². The molecule has 0 amide bonds. The zero-order chi connectivity index (χ0) is 66.6.